The molecule has 2 amide bonds. The highest BCUT2D eigenvalue weighted by atomic mass is 79.9. The number of aromatic nitrogens is 4. The number of amides is 2. The van der Waals surface area contributed by atoms with E-state index in [4.69, 9.17) is 4.98 Å². The van der Waals surface area contributed by atoms with Crippen LogP contribution in [0, 0.1) is 0 Å². The summed E-state index contributed by atoms with van der Waals surface area (Å²) < 4.78 is 2.69. The van der Waals surface area contributed by atoms with Crippen molar-refractivity contribution >= 4 is 33.4 Å². The summed E-state index contributed by atoms with van der Waals surface area (Å²) in [5.41, 5.74) is 2.94. The van der Waals surface area contributed by atoms with Crippen LogP contribution in [-0.4, -0.2) is 61.6 Å². The molecule has 1 fully saturated rings. The second kappa shape index (κ2) is 9.64. The normalized spacial score (nSPS) is 14.7. The van der Waals surface area contributed by atoms with Crippen LogP contribution in [-0.2, 0) is 6.54 Å². The van der Waals surface area contributed by atoms with Gasteiger partial charge in [0.1, 0.15) is 5.82 Å². The molecule has 1 N–H and O–H groups in total. The quantitative estimate of drug-likeness (QED) is 0.567. The van der Waals surface area contributed by atoms with Crippen molar-refractivity contribution in [2.24, 2.45) is 0 Å². The molecule has 3 aromatic rings. The van der Waals surface area contributed by atoms with Gasteiger partial charge >= 0.3 is 6.03 Å². The van der Waals surface area contributed by atoms with Gasteiger partial charge in [-0.3, -0.25) is 4.98 Å². The number of hydrogen-bond donors (Lipinski definition) is 1. The van der Waals surface area contributed by atoms with Crippen molar-refractivity contribution in [2.75, 3.05) is 31.5 Å². The van der Waals surface area contributed by atoms with Crippen molar-refractivity contribution in [3.63, 3.8) is 0 Å². The third-order valence-electron chi connectivity index (χ3n) is 5.86. The van der Waals surface area contributed by atoms with Crippen LogP contribution in [0.25, 0.3) is 5.65 Å². The van der Waals surface area contributed by atoms with E-state index < -0.39 is 0 Å². The number of hydrogen-bond acceptors (Lipinski definition) is 5. The van der Waals surface area contributed by atoms with Crippen LogP contribution < -0.4 is 5.32 Å². The van der Waals surface area contributed by atoms with Crippen LogP contribution in [0.1, 0.15) is 43.9 Å². The highest BCUT2D eigenvalue weighted by Crippen LogP contribution is 2.31. The Morgan fingerprint density at radius 2 is 2.03 bits per heavy atom. The lowest BCUT2D eigenvalue weighted by molar-refractivity contribution is 0.143. The number of pyridine rings is 1. The topological polar surface area (TPSA) is 78.7 Å². The number of halogens is 1. The number of nitrogens with zero attached hydrogens (tertiary/aromatic N) is 6. The smallest absolute Gasteiger partial charge is 0.319 e. The predicted molar refractivity (Wildman–Crippen MR) is 124 cm³/mol. The van der Waals surface area contributed by atoms with E-state index in [2.05, 4.69) is 37.4 Å². The minimum Gasteiger partial charge on any atom is -0.366 e. The fraction of sp³-hybridized carbons (Fsp3) is 0.455. The van der Waals surface area contributed by atoms with E-state index in [1.54, 1.807) is 12.4 Å². The third-order valence-corrected chi connectivity index (χ3v) is 6.42. The first kappa shape index (κ1) is 21.5. The molecule has 9 heteroatoms. The average molecular weight is 486 g/mol. The molecule has 31 heavy (non-hydrogen) atoms. The molecule has 0 spiro atoms. The number of nitrogens with one attached hydrogen (secondary N) is 1. The van der Waals surface area contributed by atoms with Gasteiger partial charge in [-0.25, -0.2) is 9.78 Å². The molecule has 0 atom stereocenters. The minimum atomic E-state index is 0.143. The molecule has 0 aromatic carbocycles. The molecule has 0 aliphatic carbocycles. The summed E-state index contributed by atoms with van der Waals surface area (Å²) >= 11 is 3.57. The van der Waals surface area contributed by atoms with E-state index >= 15 is 0 Å². The maximum absolute atomic E-state index is 12.7. The van der Waals surface area contributed by atoms with Gasteiger partial charge in [0.05, 0.1) is 10.7 Å². The number of fused-ring (bicyclic) bond motifs is 1. The summed E-state index contributed by atoms with van der Waals surface area (Å²) in [7, 11) is 0. The molecule has 0 unspecified atom stereocenters. The van der Waals surface area contributed by atoms with Crippen LogP contribution in [0.2, 0.25) is 0 Å². The second-order valence-electron chi connectivity index (χ2n) is 7.73. The van der Waals surface area contributed by atoms with Crippen molar-refractivity contribution in [1.29, 1.82) is 0 Å². The SMILES string of the molecule is CCN(CC)C(=O)N1CCC(c2cc(NCc3cccnc3)n3ncc(Br)c3n2)CC1. The second-order valence-corrected chi connectivity index (χ2v) is 8.58. The number of likely N-dealkylation sites (tertiary alicyclic amines) is 1. The van der Waals surface area contributed by atoms with Crippen LogP contribution in [0.3, 0.4) is 0 Å². The molecule has 1 saturated heterocycles. The van der Waals surface area contributed by atoms with Gasteiger partial charge in [0.25, 0.3) is 0 Å². The van der Waals surface area contributed by atoms with E-state index in [9.17, 15) is 4.79 Å². The Kier molecular flexibility index (Phi) is 6.70. The maximum Gasteiger partial charge on any atom is 0.319 e. The lowest BCUT2D eigenvalue weighted by atomic mass is 9.93. The van der Waals surface area contributed by atoms with Crippen LogP contribution in [0.4, 0.5) is 10.6 Å². The molecule has 1 aliphatic rings. The monoisotopic (exact) mass is 485 g/mol. The zero-order valence-electron chi connectivity index (χ0n) is 18.0. The van der Waals surface area contributed by atoms with Crippen molar-refractivity contribution in [3.05, 3.63) is 52.5 Å². The van der Waals surface area contributed by atoms with E-state index in [1.807, 2.05) is 46.5 Å². The molecule has 4 heterocycles. The number of rotatable bonds is 6. The Morgan fingerprint density at radius 3 is 2.71 bits per heavy atom. The average Bonchev–Trinajstić information content (AvgIpc) is 3.20. The highest BCUT2D eigenvalue weighted by Gasteiger charge is 2.27. The number of anilines is 1. The largest absolute Gasteiger partial charge is 0.366 e. The van der Waals surface area contributed by atoms with Gasteiger partial charge in [-0.2, -0.15) is 9.61 Å². The number of carbonyl (C=O) groups excluding carboxylic acids is 1. The zero-order valence-corrected chi connectivity index (χ0v) is 19.5. The fourth-order valence-electron chi connectivity index (χ4n) is 4.05. The van der Waals surface area contributed by atoms with Gasteiger partial charge in [0, 0.05) is 62.8 Å². The molecule has 8 nitrogen and oxygen atoms in total. The Labute approximate surface area is 190 Å². The Bertz CT molecular complexity index is 1030. The number of piperidine rings is 1. The zero-order chi connectivity index (χ0) is 21.8. The first-order valence-electron chi connectivity index (χ1n) is 10.8. The van der Waals surface area contributed by atoms with E-state index in [1.165, 1.54) is 0 Å². The van der Waals surface area contributed by atoms with Crippen molar-refractivity contribution in [1.82, 2.24) is 29.4 Å². The predicted octanol–water partition coefficient (Wildman–Crippen LogP) is 4.14. The van der Waals surface area contributed by atoms with Crippen LogP contribution in [0.15, 0.2) is 41.3 Å². The van der Waals surface area contributed by atoms with Crippen molar-refractivity contribution in [2.45, 2.75) is 39.2 Å². The minimum absolute atomic E-state index is 0.143. The molecule has 3 aromatic heterocycles. The van der Waals surface area contributed by atoms with E-state index in [0.717, 1.165) is 66.2 Å². The summed E-state index contributed by atoms with van der Waals surface area (Å²) in [6, 6.07) is 6.21. The standard InChI is InChI=1S/C22H28BrN7O/c1-3-28(4-2)22(31)29-10-7-17(8-11-29)19-12-20(25-14-16-6-5-9-24-13-16)30-21(27-19)18(23)15-26-30/h5-6,9,12-13,15,17,25H,3-4,7-8,10-11,14H2,1-2H3. The first-order valence-corrected chi connectivity index (χ1v) is 11.6. The molecule has 0 radical (unpaired) electrons. The summed E-state index contributed by atoms with van der Waals surface area (Å²) in [5.74, 6) is 1.21. The lowest BCUT2D eigenvalue weighted by Gasteiger charge is -2.35. The summed E-state index contributed by atoms with van der Waals surface area (Å²) in [5, 5.41) is 7.94. The Morgan fingerprint density at radius 1 is 1.26 bits per heavy atom. The van der Waals surface area contributed by atoms with Gasteiger partial charge in [0.2, 0.25) is 0 Å². The summed E-state index contributed by atoms with van der Waals surface area (Å²) in [4.78, 5) is 25.6. The maximum atomic E-state index is 12.7. The third kappa shape index (κ3) is 4.66. The Hall–Kier alpha value is -2.68. The molecule has 1 aliphatic heterocycles. The lowest BCUT2D eigenvalue weighted by Crippen LogP contribution is -2.46. The van der Waals surface area contributed by atoms with Crippen LogP contribution >= 0.6 is 15.9 Å². The highest BCUT2D eigenvalue weighted by molar-refractivity contribution is 9.10. The summed E-state index contributed by atoms with van der Waals surface area (Å²) in [6.07, 6.45) is 7.21. The first-order chi connectivity index (χ1) is 15.1. The Balaban J connectivity index is 1.52. The van der Waals surface area contributed by atoms with Gasteiger partial charge in [-0.1, -0.05) is 6.07 Å². The molecule has 0 bridgehead atoms. The molecular formula is C22H28BrN7O. The molecular weight excluding hydrogens is 458 g/mol. The van der Waals surface area contributed by atoms with E-state index in [0.29, 0.717) is 12.5 Å². The molecule has 4 rings (SSSR count). The van der Waals surface area contributed by atoms with Crippen LogP contribution in [0.5, 0.6) is 0 Å². The number of carbonyl (C=O) groups is 1. The number of urea groups is 1. The van der Waals surface area contributed by atoms with Gasteiger partial charge in [-0.05, 0) is 54.2 Å². The van der Waals surface area contributed by atoms with Crippen molar-refractivity contribution in [3.8, 4) is 0 Å². The van der Waals surface area contributed by atoms with Crippen molar-refractivity contribution < 1.29 is 4.79 Å². The van der Waals surface area contributed by atoms with E-state index in [-0.39, 0.29) is 6.03 Å². The summed E-state index contributed by atoms with van der Waals surface area (Å²) in [6.45, 7) is 7.70. The fourth-order valence-corrected chi connectivity index (χ4v) is 4.39. The van der Waals surface area contributed by atoms with Gasteiger partial charge in [0.15, 0.2) is 5.65 Å². The van der Waals surface area contributed by atoms with Gasteiger partial charge < -0.3 is 15.1 Å². The molecule has 164 valence electrons. The molecule has 0 saturated carbocycles. The van der Waals surface area contributed by atoms with Gasteiger partial charge in [-0.15, -0.1) is 0 Å².